The fraction of sp³-hybridized carbons (Fsp3) is 0.750. The van der Waals surface area contributed by atoms with Crippen molar-refractivity contribution in [1.82, 2.24) is 9.80 Å². The van der Waals surface area contributed by atoms with E-state index in [1.165, 1.54) is 0 Å². The van der Waals surface area contributed by atoms with E-state index >= 15 is 0 Å². The Morgan fingerprint density at radius 1 is 1.00 bits per heavy atom. The molecule has 0 atom stereocenters. The number of carbonyl (C=O) groups excluding carboxylic acids is 2. The second-order valence-electron chi connectivity index (χ2n) is 3.84. The van der Waals surface area contributed by atoms with Crippen LogP contribution in [-0.2, 0) is 9.59 Å². The molecule has 4 heteroatoms. The standard InChI is InChI=1S/C8H12N2O2/c11-6-9-2-1-8(3-9)4-10(5-8)7-12/h6-7H,1-5H2. The summed E-state index contributed by atoms with van der Waals surface area (Å²) in [5.74, 6) is 0. The molecular formula is C8H12N2O2. The van der Waals surface area contributed by atoms with Gasteiger partial charge in [-0.15, -0.1) is 0 Å². The molecule has 2 amide bonds. The van der Waals surface area contributed by atoms with Crippen molar-refractivity contribution in [2.75, 3.05) is 26.2 Å². The summed E-state index contributed by atoms with van der Waals surface area (Å²) in [6.07, 6.45) is 2.84. The fourth-order valence-corrected chi connectivity index (χ4v) is 2.21. The van der Waals surface area contributed by atoms with Gasteiger partial charge in [-0.2, -0.15) is 0 Å². The lowest BCUT2D eigenvalue weighted by Gasteiger charge is -2.45. The third-order valence-electron chi connectivity index (χ3n) is 2.84. The van der Waals surface area contributed by atoms with Crippen LogP contribution in [0, 0.1) is 5.41 Å². The van der Waals surface area contributed by atoms with E-state index in [2.05, 4.69) is 0 Å². The van der Waals surface area contributed by atoms with Crippen LogP contribution in [0.4, 0.5) is 0 Å². The van der Waals surface area contributed by atoms with Crippen molar-refractivity contribution in [3.63, 3.8) is 0 Å². The zero-order chi connectivity index (χ0) is 8.60. The molecule has 0 radical (unpaired) electrons. The summed E-state index contributed by atoms with van der Waals surface area (Å²) < 4.78 is 0. The van der Waals surface area contributed by atoms with Gasteiger partial charge in [-0.3, -0.25) is 9.59 Å². The van der Waals surface area contributed by atoms with Crippen molar-refractivity contribution in [1.29, 1.82) is 0 Å². The predicted octanol–water partition coefficient (Wildman–Crippen LogP) is -0.693. The van der Waals surface area contributed by atoms with E-state index in [0.717, 1.165) is 45.4 Å². The first-order valence-electron chi connectivity index (χ1n) is 4.17. The Balaban J connectivity index is 1.92. The number of hydrogen-bond donors (Lipinski definition) is 0. The van der Waals surface area contributed by atoms with Crippen LogP contribution < -0.4 is 0 Å². The molecule has 12 heavy (non-hydrogen) atoms. The summed E-state index contributed by atoms with van der Waals surface area (Å²) in [6.45, 7) is 3.36. The van der Waals surface area contributed by atoms with Gasteiger partial charge in [-0.1, -0.05) is 0 Å². The van der Waals surface area contributed by atoms with E-state index in [4.69, 9.17) is 0 Å². The maximum Gasteiger partial charge on any atom is 0.209 e. The molecule has 0 aliphatic carbocycles. The summed E-state index contributed by atoms with van der Waals surface area (Å²) in [5, 5.41) is 0. The number of carbonyl (C=O) groups is 2. The molecule has 2 heterocycles. The average Bonchev–Trinajstić information content (AvgIpc) is 2.45. The van der Waals surface area contributed by atoms with E-state index in [0.29, 0.717) is 0 Å². The molecule has 2 rings (SSSR count). The predicted molar refractivity (Wildman–Crippen MR) is 42.3 cm³/mol. The second kappa shape index (κ2) is 2.47. The van der Waals surface area contributed by atoms with Gasteiger partial charge in [0.1, 0.15) is 0 Å². The SMILES string of the molecule is O=CN1CCC2(C1)CN(C=O)C2. The smallest absolute Gasteiger partial charge is 0.209 e. The lowest BCUT2D eigenvalue weighted by molar-refractivity contribution is -0.129. The lowest BCUT2D eigenvalue weighted by atomic mass is 9.79. The summed E-state index contributed by atoms with van der Waals surface area (Å²) in [7, 11) is 0. The number of amides is 2. The molecule has 0 N–H and O–H groups in total. The molecule has 66 valence electrons. The monoisotopic (exact) mass is 168 g/mol. The van der Waals surface area contributed by atoms with Crippen LogP contribution in [0.5, 0.6) is 0 Å². The van der Waals surface area contributed by atoms with Crippen LogP contribution in [0.2, 0.25) is 0 Å². The van der Waals surface area contributed by atoms with Gasteiger partial charge >= 0.3 is 0 Å². The van der Waals surface area contributed by atoms with Gasteiger partial charge in [0.15, 0.2) is 0 Å². The Kier molecular flexibility index (Phi) is 1.56. The van der Waals surface area contributed by atoms with Crippen LogP contribution >= 0.6 is 0 Å². The fourth-order valence-electron chi connectivity index (χ4n) is 2.21. The summed E-state index contributed by atoms with van der Waals surface area (Å²) in [5.41, 5.74) is 0.252. The minimum absolute atomic E-state index is 0.252. The van der Waals surface area contributed by atoms with Crippen molar-refractivity contribution in [2.45, 2.75) is 6.42 Å². The first-order chi connectivity index (χ1) is 5.78. The highest BCUT2D eigenvalue weighted by molar-refractivity contribution is 5.51. The van der Waals surface area contributed by atoms with Crippen LogP contribution in [0.1, 0.15) is 6.42 Å². The van der Waals surface area contributed by atoms with E-state index in [-0.39, 0.29) is 5.41 Å². The molecule has 2 fully saturated rings. The Morgan fingerprint density at radius 2 is 1.58 bits per heavy atom. The third kappa shape index (κ3) is 0.983. The summed E-state index contributed by atoms with van der Waals surface area (Å²) in [6, 6.07) is 0. The van der Waals surface area contributed by atoms with Crippen LogP contribution in [0.25, 0.3) is 0 Å². The Bertz CT molecular complexity index is 211. The number of rotatable bonds is 2. The Labute approximate surface area is 71.1 Å². The average molecular weight is 168 g/mol. The highest BCUT2D eigenvalue weighted by atomic mass is 16.1. The molecule has 0 unspecified atom stereocenters. The molecule has 0 aromatic rings. The van der Waals surface area contributed by atoms with Gasteiger partial charge in [0, 0.05) is 31.6 Å². The lowest BCUT2D eigenvalue weighted by Crippen LogP contribution is -2.56. The first-order valence-corrected chi connectivity index (χ1v) is 4.17. The molecule has 2 aliphatic heterocycles. The topological polar surface area (TPSA) is 40.6 Å². The normalized spacial score (nSPS) is 25.7. The molecular weight excluding hydrogens is 156 g/mol. The minimum Gasteiger partial charge on any atom is -0.345 e. The van der Waals surface area contributed by atoms with Gasteiger partial charge in [0.2, 0.25) is 12.8 Å². The van der Waals surface area contributed by atoms with Crippen molar-refractivity contribution in [2.24, 2.45) is 5.41 Å². The number of likely N-dealkylation sites (tertiary alicyclic amines) is 2. The van der Waals surface area contributed by atoms with Gasteiger partial charge < -0.3 is 9.80 Å². The maximum atomic E-state index is 10.4. The second-order valence-corrected chi connectivity index (χ2v) is 3.84. The number of nitrogens with zero attached hydrogens (tertiary/aromatic N) is 2. The van der Waals surface area contributed by atoms with Crippen LogP contribution in [-0.4, -0.2) is 48.8 Å². The third-order valence-corrected chi connectivity index (χ3v) is 2.84. The summed E-state index contributed by atoms with van der Waals surface area (Å²) >= 11 is 0. The van der Waals surface area contributed by atoms with Gasteiger partial charge in [-0.05, 0) is 6.42 Å². The van der Waals surface area contributed by atoms with E-state index in [9.17, 15) is 9.59 Å². The van der Waals surface area contributed by atoms with E-state index in [1.54, 1.807) is 9.80 Å². The first kappa shape index (κ1) is 7.58. The number of hydrogen-bond acceptors (Lipinski definition) is 2. The van der Waals surface area contributed by atoms with Crippen molar-refractivity contribution < 1.29 is 9.59 Å². The van der Waals surface area contributed by atoms with Crippen molar-refractivity contribution in [3.05, 3.63) is 0 Å². The zero-order valence-corrected chi connectivity index (χ0v) is 6.90. The molecule has 0 aromatic carbocycles. The van der Waals surface area contributed by atoms with E-state index in [1.807, 2.05) is 0 Å². The molecule has 1 spiro atoms. The highest BCUT2D eigenvalue weighted by Crippen LogP contribution is 2.37. The zero-order valence-electron chi connectivity index (χ0n) is 6.90. The maximum absolute atomic E-state index is 10.4. The highest BCUT2D eigenvalue weighted by Gasteiger charge is 2.46. The Hall–Kier alpha value is -1.06. The molecule has 2 saturated heterocycles. The van der Waals surface area contributed by atoms with Gasteiger partial charge in [0.25, 0.3) is 0 Å². The molecule has 0 aromatic heterocycles. The largest absolute Gasteiger partial charge is 0.345 e. The molecule has 0 bridgehead atoms. The van der Waals surface area contributed by atoms with E-state index < -0.39 is 0 Å². The van der Waals surface area contributed by atoms with Crippen LogP contribution in [0.15, 0.2) is 0 Å². The van der Waals surface area contributed by atoms with Gasteiger partial charge in [-0.25, -0.2) is 0 Å². The quantitative estimate of drug-likeness (QED) is 0.512. The minimum atomic E-state index is 0.252. The van der Waals surface area contributed by atoms with Gasteiger partial charge in [0.05, 0.1) is 0 Å². The van der Waals surface area contributed by atoms with Crippen molar-refractivity contribution >= 4 is 12.8 Å². The summed E-state index contributed by atoms with van der Waals surface area (Å²) in [4.78, 5) is 24.3. The Morgan fingerprint density at radius 3 is 2.08 bits per heavy atom. The van der Waals surface area contributed by atoms with Crippen molar-refractivity contribution in [3.8, 4) is 0 Å². The molecule has 4 nitrogen and oxygen atoms in total. The van der Waals surface area contributed by atoms with Crippen LogP contribution in [0.3, 0.4) is 0 Å². The molecule has 0 saturated carbocycles. The molecule has 2 aliphatic rings.